The molecule has 2 heterocycles. The molecule has 0 radical (unpaired) electrons. The number of phenols is 1. The Morgan fingerprint density at radius 2 is 1.67 bits per heavy atom. The van der Waals surface area contributed by atoms with Gasteiger partial charge in [-0.05, 0) is 48.4 Å². The molecule has 27 heavy (non-hydrogen) atoms. The molecule has 2 aromatic heterocycles. The van der Waals surface area contributed by atoms with Crippen LogP contribution in [0.3, 0.4) is 0 Å². The van der Waals surface area contributed by atoms with Gasteiger partial charge >= 0.3 is 0 Å². The summed E-state index contributed by atoms with van der Waals surface area (Å²) >= 11 is 0. The summed E-state index contributed by atoms with van der Waals surface area (Å²) in [6.07, 6.45) is 2.75. The molecule has 4 rings (SSSR count). The quantitative estimate of drug-likeness (QED) is 0.480. The zero-order valence-electron chi connectivity index (χ0n) is 14.7. The highest BCUT2D eigenvalue weighted by Gasteiger charge is 2.16. The molecule has 134 valence electrons. The third-order valence-electron chi connectivity index (χ3n) is 4.35. The van der Waals surface area contributed by atoms with Crippen LogP contribution in [0.5, 0.6) is 11.5 Å². The second kappa shape index (κ2) is 6.92. The summed E-state index contributed by atoms with van der Waals surface area (Å²) in [7, 11) is 0. The third-order valence-corrected chi connectivity index (χ3v) is 4.35. The SMILES string of the molecule is CCc1ccc(-c2nc3c(O)cccn3c2N=Nc2ccc(O)cc2)cc1. The highest BCUT2D eigenvalue weighted by Crippen LogP contribution is 2.35. The van der Waals surface area contributed by atoms with E-state index >= 15 is 0 Å². The molecule has 0 spiro atoms. The van der Waals surface area contributed by atoms with Gasteiger partial charge in [-0.25, -0.2) is 4.98 Å². The average Bonchev–Trinajstić information content (AvgIpc) is 3.08. The van der Waals surface area contributed by atoms with Crippen LogP contribution in [0.4, 0.5) is 11.5 Å². The van der Waals surface area contributed by atoms with Crippen LogP contribution in [0.1, 0.15) is 12.5 Å². The van der Waals surface area contributed by atoms with Gasteiger partial charge in [0.25, 0.3) is 0 Å². The van der Waals surface area contributed by atoms with E-state index in [-0.39, 0.29) is 11.5 Å². The van der Waals surface area contributed by atoms with E-state index in [1.165, 1.54) is 5.56 Å². The summed E-state index contributed by atoms with van der Waals surface area (Å²) in [5.74, 6) is 0.776. The number of benzene rings is 2. The average molecular weight is 358 g/mol. The minimum atomic E-state index is 0.0787. The molecule has 0 aliphatic rings. The molecule has 0 amide bonds. The van der Waals surface area contributed by atoms with Crippen molar-refractivity contribution < 1.29 is 10.2 Å². The summed E-state index contributed by atoms with van der Waals surface area (Å²) in [5.41, 5.74) is 3.80. The van der Waals surface area contributed by atoms with E-state index in [0.717, 1.165) is 12.0 Å². The molecular formula is C21H18N4O2. The molecular weight excluding hydrogens is 340 g/mol. The number of hydrogen-bond acceptors (Lipinski definition) is 5. The maximum absolute atomic E-state index is 10.2. The van der Waals surface area contributed by atoms with Crippen LogP contribution in [0.15, 0.2) is 77.1 Å². The fourth-order valence-corrected chi connectivity index (χ4v) is 2.85. The molecule has 0 fully saturated rings. The van der Waals surface area contributed by atoms with Crippen LogP contribution in [0.25, 0.3) is 16.9 Å². The summed E-state index contributed by atoms with van der Waals surface area (Å²) in [5, 5.41) is 28.2. The predicted octanol–water partition coefficient (Wildman–Crippen LogP) is 5.39. The molecule has 0 bridgehead atoms. The number of aromatic nitrogens is 2. The number of phenolic OH excluding ortho intramolecular Hbond substituents is 1. The second-order valence-corrected chi connectivity index (χ2v) is 6.14. The van der Waals surface area contributed by atoms with E-state index in [2.05, 4.69) is 34.3 Å². The number of imidazole rings is 1. The molecule has 0 saturated heterocycles. The number of azo groups is 1. The number of aromatic hydroxyl groups is 2. The molecule has 2 N–H and O–H groups in total. The zero-order valence-corrected chi connectivity index (χ0v) is 14.7. The highest BCUT2D eigenvalue weighted by molar-refractivity contribution is 5.76. The summed E-state index contributed by atoms with van der Waals surface area (Å²) in [4.78, 5) is 4.58. The number of pyridine rings is 1. The summed E-state index contributed by atoms with van der Waals surface area (Å²) in [6, 6.07) is 17.9. The Kier molecular flexibility index (Phi) is 4.30. The minimum absolute atomic E-state index is 0.0787. The van der Waals surface area contributed by atoms with Crippen molar-refractivity contribution in [3.63, 3.8) is 0 Å². The summed E-state index contributed by atoms with van der Waals surface area (Å²) in [6.45, 7) is 2.11. The molecule has 4 aromatic rings. The van der Waals surface area contributed by atoms with Crippen molar-refractivity contribution in [3.8, 4) is 22.8 Å². The van der Waals surface area contributed by atoms with Gasteiger partial charge in [-0.2, -0.15) is 0 Å². The molecule has 6 nitrogen and oxygen atoms in total. The Morgan fingerprint density at radius 1 is 0.926 bits per heavy atom. The van der Waals surface area contributed by atoms with Gasteiger partial charge in [0.05, 0.1) is 5.69 Å². The van der Waals surface area contributed by atoms with Crippen molar-refractivity contribution in [2.75, 3.05) is 0 Å². The van der Waals surface area contributed by atoms with Gasteiger partial charge in [-0.1, -0.05) is 31.2 Å². The van der Waals surface area contributed by atoms with Crippen LogP contribution in [-0.4, -0.2) is 19.6 Å². The van der Waals surface area contributed by atoms with E-state index < -0.39 is 0 Å². The van der Waals surface area contributed by atoms with Crippen molar-refractivity contribution in [1.29, 1.82) is 0 Å². The first-order valence-corrected chi connectivity index (χ1v) is 8.66. The first-order chi connectivity index (χ1) is 13.2. The van der Waals surface area contributed by atoms with Crippen LogP contribution in [-0.2, 0) is 6.42 Å². The van der Waals surface area contributed by atoms with Gasteiger partial charge < -0.3 is 10.2 Å². The van der Waals surface area contributed by atoms with E-state index in [4.69, 9.17) is 0 Å². The van der Waals surface area contributed by atoms with Crippen LogP contribution in [0, 0.1) is 0 Å². The second-order valence-electron chi connectivity index (χ2n) is 6.14. The highest BCUT2D eigenvalue weighted by atomic mass is 16.3. The predicted molar refractivity (Wildman–Crippen MR) is 104 cm³/mol. The van der Waals surface area contributed by atoms with Crippen LogP contribution in [0.2, 0.25) is 0 Å². The Labute approximate surface area is 156 Å². The van der Waals surface area contributed by atoms with Crippen molar-refractivity contribution >= 4 is 17.2 Å². The standard InChI is InChI=1S/C21H18N4O2/c1-2-14-5-7-15(8-6-14)19-21(24-23-16-9-11-17(26)12-10-16)25-13-3-4-18(27)20(25)22-19/h3-13,26-27H,2H2,1H3. The smallest absolute Gasteiger partial charge is 0.187 e. The van der Waals surface area contributed by atoms with E-state index in [9.17, 15) is 10.2 Å². The zero-order chi connectivity index (χ0) is 18.8. The van der Waals surface area contributed by atoms with Crippen LogP contribution < -0.4 is 0 Å². The maximum Gasteiger partial charge on any atom is 0.187 e. The number of hydrogen-bond donors (Lipinski definition) is 2. The van der Waals surface area contributed by atoms with Crippen LogP contribution >= 0.6 is 0 Å². The van der Waals surface area contributed by atoms with Crippen molar-refractivity contribution in [2.45, 2.75) is 13.3 Å². The number of aryl methyl sites for hydroxylation is 1. The number of nitrogens with zero attached hydrogens (tertiary/aromatic N) is 4. The summed E-state index contributed by atoms with van der Waals surface area (Å²) < 4.78 is 1.71. The lowest BCUT2D eigenvalue weighted by Gasteiger charge is -2.01. The monoisotopic (exact) mass is 358 g/mol. The molecule has 6 heteroatoms. The Balaban J connectivity index is 1.85. The lowest BCUT2D eigenvalue weighted by Crippen LogP contribution is -1.83. The van der Waals surface area contributed by atoms with Gasteiger partial charge in [0.2, 0.25) is 0 Å². The van der Waals surface area contributed by atoms with E-state index in [1.54, 1.807) is 47.0 Å². The van der Waals surface area contributed by atoms with Gasteiger partial charge in [-0.3, -0.25) is 4.40 Å². The largest absolute Gasteiger partial charge is 0.508 e. The van der Waals surface area contributed by atoms with E-state index in [0.29, 0.717) is 22.8 Å². The molecule has 0 atom stereocenters. The topological polar surface area (TPSA) is 82.5 Å². The lowest BCUT2D eigenvalue weighted by atomic mass is 10.1. The van der Waals surface area contributed by atoms with Gasteiger partial charge in [0, 0.05) is 11.8 Å². The maximum atomic E-state index is 10.2. The third kappa shape index (κ3) is 3.25. The Hall–Kier alpha value is -3.67. The molecule has 0 aliphatic heterocycles. The Bertz CT molecular complexity index is 1110. The molecule has 0 aliphatic carbocycles. The molecule has 2 aromatic carbocycles. The lowest BCUT2D eigenvalue weighted by molar-refractivity contribution is 0.475. The van der Waals surface area contributed by atoms with Gasteiger partial charge in [0.1, 0.15) is 11.4 Å². The Morgan fingerprint density at radius 3 is 2.37 bits per heavy atom. The molecule has 0 unspecified atom stereocenters. The van der Waals surface area contributed by atoms with Crippen molar-refractivity contribution in [3.05, 3.63) is 72.4 Å². The fraction of sp³-hybridized carbons (Fsp3) is 0.0952. The first-order valence-electron chi connectivity index (χ1n) is 8.66. The fourth-order valence-electron chi connectivity index (χ4n) is 2.85. The van der Waals surface area contributed by atoms with Crippen molar-refractivity contribution in [2.24, 2.45) is 10.2 Å². The normalized spacial score (nSPS) is 11.4. The number of rotatable bonds is 4. The molecule has 0 saturated carbocycles. The van der Waals surface area contributed by atoms with Gasteiger partial charge in [0.15, 0.2) is 17.2 Å². The first kappa shape index (κ1) is 16.8. The van der Waals surface area contributed by atoms with Gasteiger partial charge in [-0.15, -0.1) is 10.2 Å². The minimum Gasteiger partial charge on any atom is -0.508 e. The van der Waals surface area contributed by atoms with E-state index in [1.807, 2.05) is 12.1 Å². The number of fused-ring (bicyclic) bond motifs is 1. The van der Waals surface area contributed by atoms with Crippen molar-refractivity contribution in [1.82, 2.24) is 9.38 Å².